The van der Waals surface area contributed by atoms with E-state index in [0.29, 0.717) is 0 Å². The minimum Gasteiger partial charge on any atom is -0.353 e. The van der Waals surface area contributed by atoms with Crippen molar-refractivity contribution in [2.24, 2.45) is 0 Å². The number of benzene rings is 2. The van der Waals surface area contributed by atoms with Crippen molar-refractivity contribution in [3.8, 4) is 0 Å². The van der Waals surface area contributed by atoms with E-state index >= 15 is 0 Å². The highest BCUT2D eigenvalue weighted by molar-refractivity contribution is 7.66. The van der Waals surface area contributed by atoms with Crippen LogP contribution in [0.15, 0.2) is 24.3 Å². The van der Waals surface area contributed by atoms with E-state index in [-0.39, 0.29) is 15.8 Å². The van der Waals surface area contributed by atoms with E-state index in [2.05, 4.69) is 43.1 Å². The molecule has 0 bridgehead atoms. The van der Waals surface area contributed by atoms with Crippen LogP contribution in [0.2, 0.25) is 0 Å². The van der Waals surface area contributed by atoms with E-state index in [9.17, 15) is 0 Å². The third-order valence-corrected chi connectivity index (χ3v) is 11.4. The number of fused-ring (bicyclic) bond motifs is 3. The van der Waals surface area contributed by atoms with E-state index in [1.807, 2.05) is 0 Å². The number of aryl methyl sites for hydroxylation is 2. The van der Waals surface area contributed by atoms with Crippen LogP contribution in [0.3, 0.4) is 0 Å². The van der Waals surface area contributed by atoms with Crippen LogP contribution in [0.25, 0.3) is 21.8 Å². The molecule has 1 nitrogen and oxygen atoms in total. The van der Waals surface area contributed by atoms with Gasteiger partial charge in [-0.25, -0.2) is 0 Å². The van der Waals surface area contributed by atoms with Crippen LogP contribution < -0.4 is 10.6 Å². The fourth-order valence-corrected chi connectivity index (χ4v) is 10.4. The largest absolute Gasteiger partial charge is 0.353 e. The van der Waals surface area contributed by atoms with Crippen molar-refractivity contribution < 1.29 is 0 Å². The number of hydrogen-bond donors (Lipinski definition) is 1. The van der Waals surface area contributed by atoms with Crippen molar-refractivity contribution in [3.63, 3.8) is 0 Å². The third-order valence-electron chi connectivity index (χ3n) is 5.96. The number of rotatable bonds is 2. The topological polar surface area (TPSA) is 15.8 Å². The van der Waals surface area contributed by atoms with E-state index in [1.54, 1.807) is 10.6 Å². The summed E-state index contributed by atoms with van der Waals surface area (Å²) < 4.78 is 0. The second-order valence-electron chi connectivity index (χ2n) is 7.93. The number of aromatic amines is 1. The van der Waals surface area contributed by atoms with Crippen LogP contribution in [0, 0.1) is 13.8 Å². The van der Waals surface area contributed by atoms with Gasteiger partial charge in [-0.15, -0.1) is 0 Å². The lowest BCUT2D eigenvalue weighted by molar-refractivity contribution is 0.949. The fourth-order valence-electron chi connectivity index (χ4n) is 4.76. The highest BCUT2D eigenvalue weighted by atomic mass is 31.1. The summed E-state index contributed by atoms with van der Waals surface area (Å²) in [7, 11) is 0.107. The molecule has 0 saturated carbocycles. The molecule has 3 heteroatoms. The molecule has 3 aromatic rings. The van der Waals surface area contributed by atoms with Crippen LogP contribution in [-0.2, 0) is 0 Å². The Kier molecular flexibility index (Phi) is 4.15. The Balaban J connectivity index is 1.80. The summed E-state index contributed by atoms with van der Waals surface area (Å²) in [6.07, 6.45) is 11.4. The summed E-state index contributed by atoms with van der Waals surface area (Å²) >= 11 is 0. The normalized spacial score (nSPS) is 19.6. The third kappa shape index (κ3) is 2.75. The van der Waals surface area contributed by atoms with Gasteiger partial charge in [-0.2, -0.15) is 0 Å². The lowest BCUT2D eigenvalue weighted by atomic mass is 10.1. The van der Waals surface area contributed by atoms with Crippen LogP contribution in [0.1, 0.15) is 36.8 Å². The molecule has 2 aromatic carbocycles. The molecule has 2 aliphatic heterocycles. The van der Waals surface area contributed by atoms with Gasteiger partial charge in [0, 0.05) is 21.4 Å². The lowest BCUT2D eigenvalue weighted by Gasteiger charge is -2.13. The minimum atomic E-state index is 0.0534. The molecule has 0 atom stereocenters. The first-order chi connectivity index (χ1) is 12.2. The van der Waals surface area contributed by atoms with Gasteiger partial charge in [0.2, 0.25) is 0 Å². The fraction of sp³-hybridized carbons (Fsp3) is 0.455. The second kappa shape index (κ2) is 6.37. The van der Waals surface area contributed by atoms with Crippen LogP contribution in [0.4, 0.5) is 0 Å². The van der Waals surface area contributed by atoms with Gasteiger partial charge in [0.1, 0.15) is 0 Å². The van der Waals surface area contributed by atoms with E-state index < -0.39 is 0 Å². The molecule has 1 aromatic heterocycles. The van der Waals surface area contributed by atoms with Crippen molar-refractivity contribution in [1.82, 2.24) is 4.98 Å². The van der Waals surface area contributed by atoms with Crippen molar-refractivity contribution in [3.05, 3.63) is 35.4 Å². The summed E-state index contributed by atoms with van der Waals surface area (Å²) in [6.45, 7) is 4.57. The number of aromatic nitrogens is 1. The Morgan fingerprint density at radius 1 is 0.640 bits per heavy atom. The first-order valence-corrected chi connectivity index (χ1v) is 13.2. The first kappa shape index (κ1) is 16.3. The lowest BCUT2D eigenvalue weighted by Crippen LogP contribution is -2.06. The standard InChI is InChI=1S/C22H27NP2/c1-15-11-17-18-12-16(2)14-20(25-9-5-6-10-25)22(18)23-21(17)19(13-15)24-7-3-4-8-24/h11-14,23H,3-10H2,1-2H3. The molecule has 0 radical (unpaired) electrons. The summed E-state index contributed by atoms with van der Waals surface area (Å²) in [5, 5.41) is 6.28. The molecule has 0 aliphatic carbocycles. The van der Waals surface area contributed by atoms with E-state index in [1.165, 1.54) is 83.3 Å². The van der Waals surface area contributed by atoms with Gasteiger partial charge in [-0.05, 0) is 99.6 Å². The maximum absolute atomic E-state index is 3.96. The van der Waals surface area contributed by atoms with Crippen LogP contribution in [-0.4, -0.2) is 29.6 Å². The summed E-state index contributed by atoms with van der Waals surface area (Å²) in [5.41, 5.74) is 5.81. The maximum atomic E-state index is 3.96. The highest BCUT2D eigenvalue weighted by Gasteiger charge is 2.24. The van der Waals surface area contributed by atoms with Crippen molar-refractivity contribution in [2.75, 3.05) is 24.6 Å². The zero-order valence-electron chi connectivity index (χ0n) is 15.4. The molecule has 1 N–H and O–H groups in total. The molecule has 0 amide bonds. The average Bonchev–Trinajstić information content (AvgIpc) is 3.34. The van der Waals surface area contributed by atoms with E-state index in [0.717, 1.165) is 0 Å². The van der Waals surface area contributed by atoms with Gasteiger partial charge >= 0.3 is 0 Å². The van der Waals surface area contributed by atoms with Crippen molar-refractivity contribution >= 4 is 48.3 Å². The molecule has 130 valence electrons. The predicted molar refractivity (Wildman–Crippen MR) is 116 cm³/mol. The number of hydrogen-bond acceptors (Lipinski definition) is 0. The number of nitrogens with one attached hydrogen (secondary N) is 1. The zero-order chi connectivity index (χ0) is 17.0. The summed E-state index contributed by atoms with van der Waals surface area (Å²) in [4.78, 5) is 3.96. The molecule has 5 rings (SSSR count). The Hall–Kier alpha value is -0.900. The van der Waals surface area contributed by atoms with Gasteiger partial charge in [-0.1, -0.05) is 15.8 Å². The van der Waals surface area contributed by atoms with E-state index in [4.69, 9.17) is 0 Å². The van der Waals surface area contributed by atoms with Gasteiger partial charge in [0.15, 0.2) is 0 Å². The molecule has 25 heavy (non-hydrogen) atoms. The maximum Gasteiger partial charge on any atom is 0.0543 e. The summed E-state index contributed by atoms with van der Waals surface area (Å²) in [5.74, 6) is 0. The number of H-pyrrole nitrogens is 1. The Morgan fingerprint density at radius 2 is 1.04 bits per heavy atom. The van der Waals surface area contributed by atoms with Crippen LogP contribution >= 0.6 is 15.8 Å². The molecule has 3 heterocycles. The second-order valence-corrected chi connectivity index (χ2v) is 12.8. The van der Waals surface area contributed by atoms with Gasteiger partial charge in [-0.3, -0.25) is 0 Å². The molecule has 2 aliphatic rings. The molecule has 2 saturated heterocycles. The zero-order valence-corrected chi connectivity index (χ0v) is 17.1. The van der Waals surface area contributed by atoms with Gasteiger partial charge in [0.05, 0.1) is 11.0 Å². The van der Waals surface area contributed by atoms with Crippen molar-refractivity contribution in [1.29, 1.82) is 0 Å². The van der Waals surface area contributed by atoms with Crippen molar-refractivity contribution in [2.45, 2.75) is 39.5 Å². The molecule has 0 spiro atoms. The SMILES string of the molecule is Cc1cc(P2CCCC2)c2[nH]c3c(P4CCCC4)cc(C)cc3c2c1. The summed E-state index contributed by atoms with van der Waals surface area (Å²) in [6, 6.07) is 9.83. The Morgan fingerprint density at radius 3 is 1.44 bits per heavy atom. The smallest absolute Gasteiger partial charge is 0.0543 e. The minimum absolute atomic E-state index is 0.0534. The van der Waals surface area contributed by atoms with Gasteiger partial charge < -0.3 is 4.98 Å². The Labute approximate surface area is 153 Å². The molecule has 0 unspecified atom stereocenters. The predicted octanol–water partition coefficient (Wildman–Crippen LogP) is 5.74. The van der Waals surface area contributed by atoms with Gasteiger partial charge in [0.25, 0.3) is 0 Å². The average molecular weight is 367 g/mol. The molecular weight excluding hydrogens is 340 g/mol. The highest BCUT2D eigenvalue weighted by Crippen LogP contribution is 2.47. The molecular formula is C22H27NP2. The van der Waals surface area contributed by atoms with Crippen LogP contribution in [0.5, 0.6) is 0 Å². The first-order valence-electron chi connectivity index (χ1n) is 9.77. The Bertz CT molecular complexity index is 867. The quantitative estimate of drug-likeness (QED) is 0.556. The molecule has 2 fully saturated rings. The monoisotopic (exact) mass is 367 g/mol.